The molecule has 0 fully saturated rings. The summed E-state index contributed by atoms with van der Waals surface area (Å²) >= 11 is 0. The highest BCUT2D eigenvalue weighted by molar-refractivity contribution is 7.89. The summed E-state index contributed by atoms with van der Waals surface area (Å²) in [6.45, 7) is 0.00856. The summed E-state index contributed by atoms with van der Waals surface area (Å²) < 4.78 is 26.0. The van der Waals surface area contributed by atoms with Crippen molar-refractivity contribution in [2.24, 2.45) is 0 Å². The van der Waals surface area contributed by atoms with Crippen molar-refractivity contribution in [3.8, 4) is 0 Å². The van der Waals surface area contributed by atoms with Crippen LogP contribution in [0.25, 0.3) is 0 Å². The van der Waals surface area contributed by atoms with Crippen molar-refractivity contribution < 1.29 is 18.3 Å². The predicted octanol–water partition coefficient (Wildman–Crippen LogP) is 0.586. The van der Waals surface area contributed by atoms with Gasteiger partial charge in [0, 0.05) is 12.7 Å². The average Bonchev–Trinajstić information content (AvgIpc) is 2.91. The highest BCUT2D eigenvalue weighted by atomic mass is 32.2. The molecular weight excluding hydrogens is 270 g/mol. The maximum atomic E-state index is 11.8. The lowest BCUT2D eigenvalue weighted by molar-refractivity contribution is 0.0696. The van der Waals surface area contributed by atoms with Gasteiger partial charge in [-0.1, -0.05) is 12.1 Å². The van der Waals surface area contributed by atoms with E-state index in [-0.39, 0.29) is 17.0 Å². The van der Waals surface area contributed by atoms with Gasteiger partial charge in [0.2, 0.25) is 10.0 Å². The smallest absolute Gasteiger partial charge is 0.335 e. The summed E-state index contributed by atoms with van der Waals surface area (Å²) in [5.41, 5.74) is 0.673. The van der Waals surface area contributed by atoms with E-state index in [0.29, 0.717) is 5.56 Å². The number of carbonyl (C=O) groups is 1. The summed E-state index contributed by atoms with van der Waals surface area (Å²) in [4.78, 5) is 10.8. The molecule has 0 aliphatic rings. The lowest BCUT2D eigenvalue weighted by Crippen LogP contribution is -2.23. The van der Waals surface area contributed by atoms with Crippen LogP contribution in [-0.4, -0.2) is 29.7 Å². The molecule has 7 nitrogen and oxygen atoms in total. The van der Waals surface area contributed by atoms with E-state index in [0.717, 1.165) is 0 Å². The molecule has 100 valence electrons. The van der Waals surface area contributed by atoms with Gasteiger partial charge in [-0.25, -0.2) is 17.9 Å². The summed E-state index contributed by atoms with van der Waals surface area (Å²) in [7, 11) is -3.64. The van der Waals surface area contributed by atoms with Crippen LogP contribution in [0, 0.1) is 0 Å². The van der Waals surface area contributed by atoms with Crippen LogP contribution in [0.4, 0.5) is 0 Å². The number of hydrogen-bond acceptors (Lipinski definition) is 4. The maximum Gasteiger partial charge on any atom is 0.335 e. The minimum atomic E-state index is -3.64. The number of aromatic carboxylic acids is 1. The van der Waals surface area contributed by atoms with Crippen LogP contribution in [0.1, 0.15) is 15.9 Å². The van der Waals surface area contributed by atoms with E-state index in [2.05, 4.69) is 14.9 Å². The summed E-state index contributed by atoms with van der Waals surface area (Å²) in [5, 5.41) is 14.8. The van der Waals surface area contributed by atoms with Gasteiger partial charge < -0.3 is 5.11 Å². The van der Waals surface area contributed by atoms with Crippen LogP contribution in [0.3, 0.4) is 0 Å². The summed E-state index contributed by atoms with van der Waals surface area (Å²) in [6, 6.07) is 6.06. The van der Waals surface area contributed by atoms with Gasteiger partial charge in [-0.2, -0.15) is 5.10 Å². The van der Waals surface area contributed by atoms with Gasteiger partial charge in [0.25, 0.3) is 0 Å². The summed E-state index contributed by atoms with van der Waals surface area (Å²) in [6.07, 6.45) is 2.45. The molecule has 1 aromatic carbocycles. The topological polar surface area (TPSA) is 112 Å². The Morgan fingerprint density at radius 1 is 1.42 bits per heavy atom. The van der Waals surface area contributed by atoms with Crippen LogP contribution in [0.2, 0.25) is 0 Å². The monoisotopic (exact) mass is 281 g/mol. The molecule has 1 aromatic heterocycles. The first-order valence-electron chi connectivity index (χ1n) is 5.30. The van der Waals surface area contributed by atoms with Crippen molar-refractivity contribution in [2.75, 3.05) is 0 Å². The Labute approximate surface area is 109 Å². The first-order chi connectivity index (χ1) is 8.99. The summed E-state index contributed by atoms with van der Waals surface area (Å²) in [5.74, 6) is -1.06. The third kappa shape index (κ3) is 3.18. The van der Waals surface area contributed by atoms with E-state index >= 15 is 0 Å². The number of benzene rings is 1. The molecule has 8 heteroatoms. The Hall–Kier alpha value is -2.19. The molecule has 0 unspecified atom stereocenters. The van der Waals surface area contributed by atoms with Gasteiger partial charge in [-0.05, 0) is 17.7 Å². The zero-order valence-corrected chi connectivity index (χ0v) is 10.5. The number of aromatic amines is 1. The third-order valence-corrected chi connectivity index (χ3v) is 3.79. The van der Waals surface area contributed by atoms with Crippen molar-refractivity contribution in [2.45, 2.75) is 11.4 Å². The molecule has 1 heterocycles. The van der Waals surface area contributed by atoms with Crippen molar-refractivity contribution in [3.05, 3.63) is 47.8 Å². The molecule has 0 amide bonds. The standard InChI is InChI=1S/C11H11N3O4S/c15-11(16)9-3-1-2-8(4-9)5-14-19(17,18)10-6-12-13-7-10/h1-4,6-7,14H,5H2,(H,12,13)(H,15,16). The van der Waals surface area contributed by atoms with E-state index in [9.17, 15) is 13.2 Å². The molecule has 0 spiro atoms. The number of H-pyrrole nitrogens is 1. The molecule has 0 saturated carbocycles. The Bertz CT molecular complexity index is 680. The van der Waals surface area contributed by atoms with Crippen LogP contribution in [0.5, 0.6) is 0 Å². The SMILES string of the molecule is O=C(O)c1cccc(CNS(=O)(=O)c2cn[nH]c2)c1. The van der Waals surface area contributed by atoms with Gasteiger partial charge in [0.15, 0.2) is 0 Å². The predicted molar refractivity (Wildman–Crippen MR) is 66.0 cm³/mol. The molecule has 2 aromatic rings. The first-order valence-corrected chi connectivity index (χ1v) is 6.78. The second-order valence-corrected chi connectivity index (χ2v) is 5.53. The number of sulfonamides is 1. The van der Waals surface area contributed by atoms with Crippen LogP contribution >= 0.6 is 0 Å². The molecule has 19 heavy (non-hydrogen) atoms. The second kappa shape index (κ2) is 5.21. The number of hydrogen-bond donors (Lipinski definition) is 3. The Kier molecular flexibility index (Phi) is 3.63. The fourth-order valence-electron chi connectivity index (χ4n) is 1.46. The van der Waals surface area contributed by atoms with Crippen molar-refractivity contribution in [1.82, 2.24) is 14.9 Å². The fourth-order valence-corrected chi connectivity index (χ4v) is 2.38. The number of carboxylic acid groups (broad SMARTS) is 1. The molecular formula is C11H11N3O4S. The van der Waals surface area contributed by atoms with E-state index in [4.69, 9.17) is 5.11 Å². The maximum absolute atomic E-state index is 11.8. The van der Waals surface area contributed by atoms with Gasteiger partial charge in [0.05, 0.1) is 11.8 Å². The lowest BCUT2D eigenvalue weighted by Gasteiger charge is -2.05. The van der Waals surface area contributed by atoms with Gasteiger partial charge in [0.1, 0.15) is 4.90 Å². The third-order valence-electron chi connectivity index (χ3n) is 2.42. The van der Waals surface area contributed by atoms with Gasteiger partial charge in [-0.3, -0.25) is 5.10 Å². The molecule has 3 N–H and O–H groups in total. The minimum Gasteiger partial charge on any atom is -0.478 e. The molecule has 2 rings (SSSR count). The van der Waals surface area contributed by atoms with E-state index < -0.39 is 16.0 Å². The van der Waals surface area contributed by atoms with Crippen molar-refractivity contribution in [1.29, 1.82) is 0 Å². The van der Waals surface area contributed by atoms with Crippen molar-refractivity contribution in [3.63, 3.8) is 0 Å². The Morgan fingerprint density at radius 2 is 2.21 bits per heavy atom. The highest BCUT2D eigenvalue weighted by Crippen LogP contribution is 2.08. The lowest BCUT2D eigenvalue weighted by atomic mass is 10.1. The van der Waals surface area contributed by atoms with Gasteiger partial charge in [-0.15, -0.1) is 0 Å². The number of aromatic nitrogens is 2. The second-order valence-electron chi connectivity index (χ2n) is 3.76. The molecule has 0 saturated heterocycles. The zero-order chi connectivity index (χ0) is 13.9. The van der Waals surface area contributed by atoms with Crippen LogP contribution in [-0.2, 0) is 16.6 Å². The van der Waals surface area contributed by atoms with Gasteiger partial charge >= 0.3 is 5.97 Å². The van der Waals surface area contributed by atoms with E-state index in [1.807, 2.05) is 0 Å². The molecule has 0 atom stereocenters. The normalized spacial score (nSPS) is 11.4. The van der Waals surface area contributed by atoms with Crippen LogP contribution < -0.4 is 4.72 Å². The Morgan fingerprint density at radius 3 is 2.84 bits per heavy atom. The van der Waals surface area contributed by atoms with E-state index in [1.165, 1.54) is 24.5 Å². The molecule has 0 aliphatic carbocycles. The highest BCUT2D eigenvalue weighted by Gasteiger charge is 2.14. The number of nitrogens with one attached hydrogen (secondary N) is 2. The number of carboxylic acids is 1. The quantitative estimate of drug-likeness (QED) is 0.742. The minimum absolute atomic E-state index is 0.00856. The molecule has 0 radical (unpaired) electrons. The molecule has 0 aliphatic heterocycles. The molecule has 0 bridgehead atoms. The number of rotatable bonds is 5. The van der Waals surface area contributed by atoms with Crippen LogP contribution in [0.15, 0.2) is 41.6 Å². The average molecular weight is 281 g/mol. The number of nitrogens with zero attached hydrogens (tertiary/aromatic N) is 1. The zero-order valence-electron chi connectivity index (χ0n) is 9.70. The van der Waals surface area contributed by atoms with Crippen molar-refractivity contribution >= 4 is 16.0 Å². The first kappa shape index (κ1) is 13.2. The van der Waals surface area contributed by atoms with E-state index in [1.54, 1.807) is 12.1 Å². The Balaban J connectivity index is 2.11. The fraction of sp³-hybridized carbons (Fsp3) is 0.0909. The largest absolute Gasteiger partial charge is 0.478 e.